The summed E-state index contributed by atoms with van der Waals surface area (Å²) in [5.41, 5.74) is 4.96. The number of aliphatic carboxylic acids is 1. The molecule has 0 aliphatic heterocycles. The zero-order valence-corrected chi connectivity index (χ0v) is 18.7. The second kappa shape index (κ2) is 8.02. The molecule has 1 fully saturated rings. The van der Waals surface area contributed by atoms with Crippen LogP contribution in [0.3, 0.4) is 0 Å². The molecule has 5 atom stereocenters. The number of carboxylic acids is 1. The molecule has 0 bridgehead atoms. The number of allylic oxidation sites excluding steroid dienone is 2. The standard InChI is InChI=1S/C27H30FNO3/c1-3-25(26(30)31)32-19-5-7-20-16(13-19)4-6-22-21(20)10-11-27(2)23(8-9-24(22)27)17-12-18(28)15-29-14-17/h5,7-8,12-15,21-22,24-25H,3-4,6,9-11H2,1-2H3,(H,30,31). The molecule has 3 aliphatic rings. The van der Waals surface area contributed by atoms with E-state index in [0.717, 1.165) is 37.7 Å². The van der Waals surface area contributed by atoms with Crippen molar-refractivity contribution in [3.05, 3.63) is 65.2 Å². The number of pyridine rings is 1. The highest BCUT2D eigenvalue weighted by Crippen LogP contribution is 2.63. The van der Waals surface area contributed by atoms with E-state index in [0.29, 0.717) is 29.9 Å². The summed E-state index contributed by atoms with van der Waals surface area (Å²) in [6, 6.07) is 7.79. The van der Waals surface area contributed by atoms with E-state index in [9.17, 15) is 14.3 Å². The molecular weight excluding hydrogens is 405 g/mol. The molecule has 0 spiro atoms. The molecule has 2 aromatic rings. The SMILES string of the molecule is CCC(Oc1ccc2c(c1)CCC1C2CCC2(C)C(c3cncc(F)c3)=CCC12)C(=O)O. The molecule has 0 saturated heterocycles. The quantitative estimate of drug-likeness (QED) is 0.625. The minimum Gasteiger partial charge on any atom is -0.479 e. The first kappa shape index (κ1) is 21.2. The van der Waals surface area contributed by atoms with Gasteiger partial charge in [0.25, 0.3) is 0 Å². The number of hydrogen-bond acceptors (Lipinski definition) is 3. The van der Waals surface area contributed by atoms with E-state index in [4.69, 9.17) is 4.74 Å². The zero-order valence-electron chi connectivity index (χ0n) is 18.7. The van der Waals surface area contributed by atoms with Crippen molar-refractivity contribution in [1.29, 1.82) is 0 Å². The molecular formula is C27H30FNO3. The van der Waals surface area contributed by atoms with Gasteiger partial charge < -0.3 is 9.84 Å². The van der Waals surface area contributed by atoms with Crippen LogP contribution in [0.25, 0.3) is 5.57 Å². The van der Waals surface area contributed by atoms with Crippen molar-refractivity contribution in [2.45, 2.75) is 64.4 Å². The number of ether oxygens (including phenoxy) is 1. The Labute approximate surface area is 188 Å². The molecule has 0 radical (unpaired) electrons. The molecule has 3 aliphatic carbocycles. The van der Waals surface area contributed by atoms with Gasteiger partial charge in [0.2, 0.25) is 0 Å². The van der Waals surface area contributed by atoms with Crippen LogP contribution in [0.5, 0.6) is 5.75 Å². The highest BCUT2D eigenvalue weighted by atomic mass is 19.1. The number of aryl methyl sites for hydroxylation is 1. The molecule has 1 aromatic heterocycles. The van der Waals surface area contributed by atoms with Gasteiger partial charge in [0, 0.05) is 6.20 Å². The van der Waals surface area contributed by atoms with Crippen molar-refractivity contribution in [2.24, 2.45) is 17.3 Å². The van der Waals surface area contributed by atoms with Gasteiger partial charge in [0.05, 0.1) is 6.20 Å². The molecule has 5 unspecified atom stereocenters. The summed E-state index contributed by atoms with van der Waals surface area (Å²) in [5, 5.41) is 9.30. The normalized spacial score (nSPS) is 29.3. The van der Waals surface area contributed by atoms with E-state index < -0.39 is 12.1 Å². The topological polar surface area (TPSA) is 59.4 Å². The summed E-state index contributed by atoms with van der Waals surface area (Å²) in [6.45, 7) is 4.19. The Bertz CT molecular complexity index is 1080. The van der Waals surface area contributed by atoms with E-state index in [1.807, 2.05) is 13.0 Å². The maximum atomic E-state index is 13.8. The van der Waals surface area contributed by atoms with Crippen LogP contribution in [0.15, 0.2) is 42.7 Å². The first-order valence-corrected chi connectivity index (χ1v) is 11.7. The minimum absolute atomic E-state index is 0.0625. The van der Waals surface area contributed by atoms with Gasteiger partial charge in [0.15, 0.2) is 6.10 Å². The van der Waals surface area contributed by atoms with Crippen LogP contribution >= 0.6 is 0 Å². The number of hydrogen-bond donors (Lipinski definition) is 1. The minimum atomic E-state index is -0.921. The van der Waals surface area contributed by atoms with Gasteiger partial charge in [-0.05, 0) is 102 Å². The van der Waals surface area contributed by atoms with E-state index in [-0.39, 0.29) is 11.2 Å². The van der Waals surface area contributed by atoms with Crippen molar-refractivity contribution >= 4 is 11.5 Å². The lowest BCUT2D eigenvalue weighted by atomic mass is 9.54. The average Bonchev–Trinajstić information content (AvgIpc) is 3.14. The molecule has 1 aromatic carbocycles. The van der Waals surface area contributed by atoms with Gasteiger partial charge in [0.1, 0.15) is 11.6 Å². The number of halogens is 1. The van der Waals surface area contributed by atoms with Crippen LogP contribution in [-0.2, 0) is 11.2 Å². The van der Waals surface area contributed by atoms with Crippen LogP contribution in [0.4, 0.5) is 4.39 Å². The van der Waals surface area contributed by atoms with Crippen molar-refractivity contribution in [3.63, 3.8) is 0 Å². The third kappa shape index (κ3) is 3.42. The molecule has 5 heteroatoms. The van der Waals surface area contributed by atoms with E-state index >= 15 is 0 Å². The van der Waals surface area contributed by atoms with Crippen LogP contribution in [0, 0.1) is 23.1 Å². The van der Waals surface area contributed by atoms with Gasteiger partial charge in [-0.2, -0.15) is 0 Å². The number of carbonyl (C=O) groups is 1. The molecule has 0 amide bonds. The highest BCUT2D eigenvalue weighted by Gasteiger charge is 2.52. The van der Waals surface area contributed by atoms with E-state index in [2.05, 4.69) is 30.1 Å². The molecule has 1 heterocycles. The Balaban J connectivity index is 1.38. The Morgan fingerprint density at radius 3 is 2.91 bits per heavy atom. The first-order valence-electron chi connectivity index (χ1n) is 11.7. The Hall–Kier alpha value is -2.69. The summed E-state index contributed by atoms with van der Waals surface area (Å²) < 4.78 is 19.6. The Morgan fingerprint density at radius 2 is 2.16 bits per heavy atom. The number of aromatic nitrogens is 1. The fourth-order valence-corrected chi connectivity index (χ4v) is 6.68. The van der Waals surface area contributed by atoms with Crippen LogP contribution < -0.4 is 4.74 Å². The molecule has 32 heavy (non-hydrogen) atoms. The fraction of sp³-hybridized carbons (Fsp3) is 0.481. The van der Waals surface area contributed by atoms with Crippen molar-refractivity contribution in [1.82, 2.24) is 4.98 Å². The second-order valence-corrected chi connectivity index (χ2v) is 9.83. The van der Waals surface area contributed by atoms with Crippen molar-refractivity contribution < 1.29 is 19.0 Å². The number of benzene rings is 1. The third-order valence-electron chi connectivity index (χ3n) is 8.22. The van der Waals surface area contributed by atoms with Crippen LogP contribution in [-0.4, -0.2) is 22.2 Å². The van der Waals surface area contributed by atoms with Gasteiger partial charge >= 0.3 is 5.97 Å². The molecule has 1 saturated carbocycles. The lowest BCUT2D eigenvalue weighted by Gasteiger charge is -2.50. The largest absolute Gasteiger partial charge is 0.479 e. The van der Waals surface area contributed by atoms with Crippen LogP contribution in [0.1, 0.15) is 68.6 Å². The number of rotatable bonds is 5. The summed E-state index contributed by atoms with van der Waals surface area (Å²) in [4.78, 5) is 15.4. The lowest BCUT2D eigenvalue weighted by molar-refractivity contribution is -0.145. The second-order valence-electron chi connectivity index (χ2n) is 9.83. The predicted molar refractivity (Wildman–Crippen MR) is 121 cm³/mol. The summed E-state index contributed by atoms with van der Waals surface area (Å²) >= 11 is 0. The average molecular weight is 436 g/mol. The van der Waals surface area contributed by atoms with Crippen LogP contribution in [0.2, 0.25) is 0 Å². The predicted octanol–water partition coefficient (Wildman–Crippen LogP) is 6.01. The Kier molecular flexibility index (Phi) is 5.31. The van der Waals surface area contributed by atoms with Gasteiger partial charge in [-0.25, -0.2) is 9.18 Å². The summed E-state index contributed by atoms with van der Waals surface area (Å²) in [6.07, 6.45) is 10.4. The maximum absolute atomic E-state index is 13.8. The number of nitrogens with zero attached hydrogens (tertiary/aromatic N) is 1. The molecule has 5 rings (SSSR count). The molecule has 1 N–H and O–H groups in total. The lowest BCUT2D eigenvalue weighted by Crippen LogP contribution is -2.40. The smallest absolute Gasteiger partial charge is 0.344 e. The first-order chi connectivity index (χ1) is 15.4. The third-order valence-corrected chi connectivity index (χ3v) is 8.22. The van der Waals surface area contributed by atoms with Gasteiger partial charge in [-0.1, -0.05) is 26.0 Å². The Morgan fingerprint density at radius 1 is 1.31 bits per heavy atom. The number of carboxylic acid groups (broad SMARTS) is 1. The van der Waals surface area contributed by atoms with Crippen molar-refractivity contribution in [2.75, 3.05) is 0 Å². The van der Waals surface area contributed by atoms with Gasteiger partial charge in [-0.15, -0.1) is 0 Å². The molecule has 168 valence electrons. The monoisotopic (exact) mass is 435 g/mol. The van der Waals surface area contributed by atoms with E-state index in [1.165, 1.54) is 22.9 Å². The highest BCUT2D eigenvalue weighted by molar-refractivity contribution is 5.73. The maximum Gasteiger partial charge on any atom is 0.344 e. The van der Waals surface area contributed by atoms with Crippen molar-refractivity contribution in [3.8, 4) is 5.75 Å². The fourth-order valence-electron chi connectivity index (χ4n) is 6.68. The zero-order chi connectivity index (χ0) is 22.5. The summed E-state index contributed by atoms with van der Waals surface area (Å²) in [5.74, 6) is 1.13. The summed E-state index contributed by atoms with van der Waals surface area (Å²) in [7, 11) is 0. The van der Waals surface area contributed by atoms with E-state index in [1.54, 1.807) is 12.3 Å². The number of fused-ring (bicyclic) bond motifs is 5. The molecule has 4 nitrogen and oxygen atoms in total. The van der Waals surface area contributed by atoms with Gasteiger partial charge in [-0.3, -0.25) is 4.98 Å².